The van der Waals surface area contributed by atoms with Crippen LogP contribution in [0, 0.1) is 0 Å². The lowest BCUT2D eigenvalue weighted by atomic mass is 10.1. The molecule has 0 radical (unpaired) electrons. The van der Waals surface area contributed by atoms with Crippen LogP contribution in [0.25, 0.3) is 0 Å². The predicted octanol–water partition coefficient (Wildman–Crippen LogP) is 2.49. The molecule has 0 aliphatic rings. The molecule has 5 nitrogen and oxygen atoms in total. The minimum atomic E-state index is -0.862. The molecule has 100 valence electrons. The maximum Gasteiger partial charge on any atom is 0.303 e. The zero-order valence-electron chi connectivity index (χ0n) is 10.4. The Morgan fingerprint density at radius 1 is 1.22 bits per heavy atom. The molecule has 0 spiro atoms. The Kier molecular flexibility index (Phi) is 5.27. The second-order valence-electron chi connectivity index (χ2n) is 3.50. The molecule has 0 heterocycles. The van der Waals surface area contributed by atoms with Gasteiger partial charge in [0.1, 0.15) is 5.75 Å². The molecule has 0 atom stereocenters. The molecule has 0 fully saturated rings. The van der Waals surface area contributed by atoms with E-state index in [4.69, 9.17) is 19.3 Å². The van der Waals surface area contributed by atoms with Gasteiger partial charge in [-0.3, -0.25) is 4.79 Å². The molecule has 0 aromatic heterocycles. The van der Waals surface area contributed by atoms with Crippen molar-refractivity contribution in [2.75, 3.05) is 21.3 Å². The lowest BCUT2D eigenvalue weighted by molar-refractivity contribution is -0.136. The molecule has 18 heavy (non-hydrogen) atoms. The Morgan fingerprint density at radius 2 is 1.83 bits per heavy atom. The normalized spacial score (nSPS) is 10.0. The van der Waals surface area contributed by atoms with Crippen LogP contribution in [0.5, 0.6) is 17.2 Å². The SMILES string of the molecule is COc1cc(OC)c(OC)c(Br)c1CCC(=O)O. The Morgan fingerprint density at radius 3 is 2.28 bits per heavy atom. The van der Waals surface area contributed by atoms with Gasteiger partial charge >= 0.3 is 5.97 Å². The standard InChI is InChI=1S/C12H15BrO5/c1-16-8-6-9(17-2)12(18-3)11(13)7(8)4-5-10(14)15/h6H,4-5H2,1-3H3,(H,14,15). The van der Waals surface area contributed by atoms with E-state index in [1.54, 1.807) is 6.07 Å². The minimum absolute atomic E-state index is 0.0183. The van der Waals surface area contributed by atoms with Crippen LogP contribution in [0.1, 0.15) is 12.0 Å². The maximum absolute atomic E-state index is 10.6. The summed E-state index contributed by atoms with van der Waals surface area (Å²) in [6.45, 7) is 0. The van der Waals surface area contributed by atoms with Gasteiger partial charge in [-0.2, -0.15) is 0 Å². The summed E-state index contributed by atoms with van der Waals surface area (Å²) < 4.78 is 16.3. The van der Waals surface area contributed by atoms with Crippen LogP contribution in [0.4, 0.5) is 0 Å². The van der Waals surface area contributed by atoms with Crippen LogP contribution in [0.2, 0.25) is 0 Å². The average Bonchev–Trinajstić information content (AvgIpc) is 2.35. The zero-order valence-corrected chi connectivity index (χ0v) is 12.0. The fraction of sp³-hybridized carbons (Fsp3) is 0.417. The highest BCUT2D eigenvalue weighted by atomic mass is 79.9. The molecular weight excluding hydrogens is 304 g/mol. The van der Waals surface area contributed by atoms with E-state index >= 15 is 0 Å². The second-order valence-corrected chi connectivity index (χ2v) is 4.29. The fourth-order valence-electron chi connectivity index (χ4n) is 1.61. The lowest BCUT2D eigenvalue weighted by Crippen LogP contribution is -2.03. The van der Waals surface area contributed by atoms with Crippen molar-refractivity contribution in [2.24, 2.45) is 0 Å². The van der Waals surface area contributed by atoms with Crippen LogP contribution in [0.15, 0.2) is 10.5 Å². The zero-order chi connectivity index (χ0) is 13.7. The van der Waals surface area contributed by atoms with Crippen LogP contribution in [-0.2, 0) is 11.2 Å². The van der Waals surface area contributed by atoms with Crippen molar-refractivity contribution in [3.8, 4) is 17.2 Å². The van der Waals surface area contributed by atoms with Gasteiger partial charge in [-0.1, -0.05) is 0 Å². The van der Waals surface area contributed by atoms with E-state index in [1.165, 1.54) is 21.3 Å². The van der Waals surface area contributed by atoms with E-state index in [-0.39, 0.29) is 6.42 Å². The fourth-order valence-corrected chi connectivity index (χ4v) is 2.36. The summed E-state index contributed by atoms with van der Waals surface area (Å²) >= 11 is 3.40. The molecule has 0 saturated heterocycles. The molecule has 1 aromatic carbocycles. The number of carboxylic acids is 1. The van der Waals surface area contributed by atoms with Crippen molar-refractivity contribution in [1.82, 2.24) is 0 Å². The van der Waals surface area contributed by atoms with Crippen LogP contribution in [-0.4, -0.2) is 32.4 Å². The second kappa shape index (κ2) is 6.49. The molecule has 0 aliphatic carbocycles. The van der Waals surface area contributed by atoms with E-state index in [9.17, 15) is 4.79 Å². The van der Waals surface area contributed by atoms with E-state index in [2.05, 4.69) is 15.9 Å². The highest BCUT2D eigenvalue weighted by molar-refractivity contribution is 9.10. The van der Waals surface area contributed by atoms with Gasteiger partial charge < -0.3 is 19.3 Å². The average molecular weight is 319 g/mol. The summed E-state index contributed by atoms with van der Waals surface area (Å²) in [6.07, 6.45) is 0.365. The van der Waals surface area contributed by atoms with Crippen molar-refractivity contribution < 1.29 is 24.1 Å². The van der Waals surface area contributed by atoms with Crippen molar-refractivity contribution >= 4 is 21.9 Å². The molecule has 6 heteroatoms. The van der Waals surface area contributed by atoms with Crippen molar-refractivity contribution in [1.29, 1.82) is 0 Å². The summed E-state index contributed by atoms with van der Waals surface area (Å²) in [6, 6.07) is 1.68. The Bertz CT molecular complexity index is 445. The van der Waals surface area contributed by atoms with Gasteiger partial charge in [0, 0.05) is 18.1 Å². The van der Waals surface area contributed by atoms with Gasteiger partial charge in [0.25, 0.3) is 0 Å². The number of rotatable bonds is 6. The number of carbonyl (C=O) groups is 1. The number of halogens is 1. The third-order valence-electron chi connectivity index (χ3n) is 2.48. The monoisotopic (exact) mass is 318 g/mol. The first-order valence-corrected chi connectivity index (χ1v) is 6.03. The number of benzene rings is 1. The first-order chi connectivity index (χ1) is 8.54. The Labute approximate surface area is 114 Å². The molecule has 0 unspecified atom stereocenters. The van der Waals surface area contributed by atoms with Crippen molar-refractivity contribution in [2.45, 2.75) is 12.8 Å². The van der Waals surface area contributed by atoms with Crippen LogP contribution in [0.3, 0.4) is 0 Å². The summed E-state index contributed by atoms with van der Waals surface area (Å²) in [4.78, 5) is 10.6. The Balaban J connectivity index is 3.25. The van der Waals surface area contributed by atoms with Crippen molar-refractivity contribution in [3.05, 3.63) is 16.1 Å². The van der Waals surface area contributed by atoms with E-state index in [0.29, 0.717) is 28.1 Å². The quantitative estimate of drug-likeness (QED) is 0.873. The van der Waals surface area contributed by atoms with Gasteiger partial charge in [0.2, 0.25) is 0 Å². The third kappa shape index (κ3) is 3.07. The molecular formula is C12H15BrO5. The van der Waals surface area contributed by atoms with Crippen molar-refractivity contribution in [3.63, 3.8) is 0 Å². The highest BCUT2D eigenvalue weighted by Gasteiger charge is 2.19. The number of hydrogen-bond acceptors (Lipinski definition) is 4. The first-order valence-electron chi connectivity index (χ1n) is 5.24. The highest BCUT2D eigenvalue weighted by Crippen LogP contribution is 2.43. The number of carboxylic acid groups (broad SMARTS) is 1. The summed E-state index contributed by atoms with van der Waals surface area (Å²) in [5, 5.41) is 8.74. The maximum atomic E-state index is 10.6. The third-order valence-corrected chi connectivity index (χ3v) is 3.32. The van der Waals surface area contributed by atoms with Gasteiger partial charge in [-0.05, 0) is 22.4 Å². The van der Waals surface area contributed by atoms with Gasteiger partial charge in [0.05, 0.1) is 25.8 Å². The summed E-state index contributed by atoms with van der Waals surface area (Å²) in [5.74, 6) is 0.763. The Hall–Kier alpha value is -1.43. The van der Waals surface area contributed by atoms with Gasteiger partial charge in [-0.25, -0.2) is 0 Å². The largest absolute Gasteiger partial charge is 0.496 e. The van der Waals surface area contributed by atoms with Gasteiger partial charge in [-0.15, -0.1) is 0 Å². The molecule has 1 aromatic rings. The number of methoxy groups -OCH3 is 3. The molecule has 0 amide bonds. The van der Waals surface area contributed by atoms with E-state index in [0.717, 1.165) is 5.56 Å². The molecule has 1 rings (SSSR count). The topological polar surface area (TPSA) is 65.0 Å². The smallest absolute Gasteiger partial charge is 0.303 e. The minimum Gasteiger partial charge on any atom is -0.496 e. The molecule has 1 N–H and O–H groups in total. The molecule has 0 saturated carbocycles. The number of hydrogen-bond donors (Lipinski definition) is 1. The van der Waals surface area contributed by atoms with Crippen LogP contribution >= 0.6 is 15.9 Å². The summed E-state index contributed by atoms with van der Waals surface area (Å²) in [5.41, 5.74) is 0.748. The number of ether oxygens (including phenoxy) is 3. The first kappa shape index (κ1) is 14.6. The van der Waals surface area contributed by atoms with E-state index in [1.807, 2.05) is 0 Å². The predicted molar refractivity (Wildman–Crippen MR) is 69.8 cm³/mol. The number of aliphatic carboxylic acids is 1. The molecule has 0 aliphatic heterocycles. The summed E-state index contributed by atoms with van der Waals surface area (Å²) in [7, 11) is 4.58. The van der Waals surface area contributed by atoms with Gasteiger partial charge in [0.15, 0.2) is 11.5 Å². The lowest BCUT2D eigenvalue weighted by Gasteiger charge is -2.16. The molecule has 0 bridgehead atoms. The van der Waals surface area contributed by atoms with Crippen LogP contribution < -0.4 is 14.2 Å². The van der Waals surface area contributed by atoms with E-state index < -0.39 is 5.97 Å².